The summed E-state index contributed by atoms with van der Waals surface area (Å²) in [5.74, 6) is -0.620. The maximum absolute atomic E-state index is 13.2. The molecule has 152 valence electrons. The molecule has 0 aliphatic carbocycles. The molecule has 1 amide bonds. The molecule has 1 N–H and O–H groups in total. The van der Waals surface area contributed by atoms with Crippen LogP contribution in [0.25, 0.3) is 11.0 Å². The van der Waals surface area contributed by atoms with Crippen LogP contribution in [0.1, 0.15) is 18.4 Å². The Labute approximate surface area is 176 Å². The van der Waals surface area contributed by atoms with Crippen LogP contribution >= 0.6 is 15.9 Å². The van der Waals surface area contributed by atoms with E-state index in [1.807, 2.05) is 25.1 Å². The van der Waals surface area contributed by atoms with Gasteiger partial charge in [-0.15, -0.1) is 0 Å². The number of amides is 1. The lowest BCUT2D eigenvalue weighted by molar-refractivity contribution is -0.120. The summed E-state index contributed by atoms with van der Waals surface area (Å²) in [6, 6.07) is 10.3. The molecule has 3 aromatic rings. The number of hydrogen-bond acceptors (Lipinski definition) is 6. The number of nitrogens with one attached hydrogen (secondary N) is 1. The van der Waals surface area contributed by atoms with Gasteiger partial charge in [0.15, 0.2) is 5.52 Å². The number of halogens is 1. The predicted octanol–water partition coefficient (Wildman–Crippen LogP) is 3.33. The molecule has 1 saturated heterocycles. The van der Waals surface area contributed by atoms with E-state index in [4.69, 9.17) is 0 Å². The Morgan fingerprint density at radius 1 is 1.28 bits per heavy atom. The average Bonchev–Trinajstić information content (AvgIpc) is 3.19. The Morgan fingerprint density at radius 3 is 2.90 bits per heavy atom. The van der Waals surface area contributed by atoms with Crippen LogP contribution in [0.15, 0.2) is 50.4 Å². The number of nitrogens with zero attached hydrogens (tertiary/aromatic N) is 3. The van der Waals surface area contributed by atoms with Crippen molar-refractivity contribution in [2.24, 2.45) is 5.92 Å². The number of carbonyl (C=O) groups is 1. The van der Waals surface area contributed by atoms with E-state index in [1.54, 1.807) is 12.1 Å². The number of piperidine rings is 1. The highest BCUT2D eigenvalue weighted by Gasteiger charge is 2.35. The minimum absolute atomic E-state index is 0.0424. The third-order valence-electron chi connectivity index (χ3n) is 5.05. The number of rotatable bonds is 4. The fourth-order valence-corrected chi connectivity index (χ4v) is 5.38. The van der Waals surface area contributed by atoms with Crippen molar-refractivity contribution < 1.29 is 17.8 Å². The summed E-state index contributed by atoms with van der Waals surface area (Å²) in [6.07, 6.45) is 1.23. The van der Waals surface area contributed by atoms with Gasteiger partial charge in [0, 0.05) is 23.2 Å². The van der Waals surface area contributed by atoms with Gasteiger partial charge in [0.05, 0.1) is 5.92 Å². The summed E-state index contributed by atoms with van der Waals surface area (Å²) >= 11 is 3.44. The number of anilines is 1. The first kappa shape index (κ1) is 20.0. The summed E-state index contributed by atoms with van der Waals surface area (Å²) in [5.41, 5.74) is 2.27. The van der Waals surface area contributed by atoms with E-state index in [-0.39, 0.29) is 22.9 Å². The summed E-state index contributed by atoms with van der Waals surface area (Å²) < 4.78 is 33.4. The maximum atomic E-state index is 13.2. The fourth-order valence-electron chi connectivity index (χ4n) is 3.47. The Morgan fingerprint density at radius 2 is 2.10 bits per heavy atom. The lowest BCUT2D eigenvalue weighted by Crippen LogP contribution is -2.43. The van der Waals surface area contributed by atoms with Crippen LogP contribution in [0.2, 0.25) is 0 Å². The number of aryl methyl sites for hydroxylation is 1. The number of carbonyl (C=O) groups excluding carboxylic acids is 1. The van der Waals surface area contributed by atoms with E-state index in [1.165, 1.54) is 10.4 Å². The van der Waals surface area contributed by atoms with Gasteiger partial charge in [-0.3, -0.25) is 4.79 Å². The number of sulfonamides is 1. The zero-order valence-corrected chi connectivity index (χ0v) is 18.0. The van der Waals surface area contributed by atoms with Crippen LogP contribution in [0, 0.1) is 12.8 Å². The third-order valence-corrected chi connectivity index (χ3v) is 7.83. The standard InChI is InChI=1S/C19H19BrN4O4S/c1-12-10-14(7-8-15(12)20)21-19(25)13-4-3-9-24(11-13)29(26,27)17-6-2-5-16-18(17)23-28-22-16/h2,5-8,10,13H,3-4,9,11H2,1H3,(H,21,25)/t13-/m0/s1. The average molecular weight is 479 g/mol. The van der Waals surface area contributed by atoms with E-state index in [0.29, 0.717) is 30.6 Å². The van der Waals surface area contributed by atoms with Gasteiger partial charge in [0.25, 0.3) is 0 Å². The highest BCUT2D eigenvalue weighted by Crippen LogP contribution is 2.28. The van der Waals surface area contributed by atoms with Gasteiger partial charge in [0.2, 0.25) is 15.9 Å². The molecule has 29 heavy (non-hydrogen) atoms. The smallest absolute Gasteiger partial charge is 0.245 e. The third kappa shape index (κ3) is 3.92. The minimum atomic E-state index is -3.83. The van der Waals surface area contributed by atoms with Crippen LogP contribution in [-0.4, -0.2) is 42.0 Å². The molecule has 0 spiro atoms. The zero-order valence-electron chi connectivity index (χ0n) is 15.6. The van der Waals surface area contributed by atoms with Crippen molar-refractivity contribution in [1.29, 1.82) is 0 Å². The van der Waals surface area contributed by atoms with E-state index >= 15 is 0 Å². The first-order valence-corrected chi connectivity index (χ1v) is 11.4. The van der Waals surface area contributed by atoms with Crippen molar-refractivity contribution in [3.8, 4) is 0 Å². The van der Waals surface area contributed by atoms with Crippen molar-refractivity contribution in [1.82, 2.24) is 14.6 Å². The van der Waals surface area contributed by atoms with Gasteiger partial charge in [0.1, 0.15) is 10.4 Å². The van der Waals surface area contributed by atoms with Crippen LogP contribution in [-0.2, 0) is 14.8 Å². The van der Waals surface area contributed by atoms with Gasteiger partial charge >= 0.3 is 0 Å². The van der Waals surface area contributed by atoms with Gasteiger partial charge in [-0.2, -0.15) is 4.31 Å². The second-order valence-corrected chi connectivity index (χ2v) is 9.80. The predicted molar refractivity (Wildman–Crippen MR) is 111 cm³/mol. The zero-order chi connectivity index (χ0) is 20.6. The SMILES string of the molecule is Cc1cc(NC(=O)[C@H]2CCCN(S(=O)(=O)c3cccc4nonc34)C2)ccc1Br. The second-order valence-electron chi connectivity index (χ2n) is 7.04. The normalized spacial score (nSPS) is 18.1. The Hall–Kier alpha value is -2.30. The highest BCUT2D eigenvalue weighted by molar-refractivity contribution is 9.10. The molecular formula is C19H19BrN4O4S. The maximum Gasteiger partial charge on any atom is 0.245 e. The lowest BCUT2D eigenvalue weighted by Gasteiger charge is -2.31. The first-order chi connectivity index (χ1) is 13.9. The molecule has 1 fully saturated rings. The molecule has 1 aromatic heterocycles. The lowest BCUT2D eigenvalue weighted by atomic mass is 9.98. The molecular weight excluding hydrogens is 460 g/mol. The monoisotopic (exact) mass is 478 g/mol. The van der Waals surface area contributed by atoms with Crippen LogP contribution in [0.4, 0.5) is 5.69 Å². The van der Waals surface area contributed by atoms with Crippen molar-refractivity contribution >= 4 is 48.6 Å². The summed E-state index contributed by atoms with van der Waals surface area (Å²) in [4.78, 5) is 12.8. The molecule has 0 unspecified atom stereocenters. The van der Waals surface area contributed by atoms with E-state index in [0.717, 1.165) is 10.0 Å². The van der Waals surface area contributed by atoms with Crippen LogP contribution in [0.3, 0.4) is 0 Å². The summed E-state index contributed by atoms with van der Waals surface area (Å²) in [6.45, 7) is 2.41. The van der Waals surface area contributed by atoms with Crippen LogP contribution < -0.4 is 5.32 Å². The summed E-state index contributed by atoms with van der Waals surface area (Å²) in [7, 11) is -3.83. The quantitative estimate of drug-likeness (QED) is 0.616. The number of fused-ring (bicyclic) bond motifs is 1. The van der Waals surface area contributed by atoms with Gasteiger partial charge < -0.3 is 5.32 Å². The molecule has 1 aliphatic heterocycles. The Balaban J connectivity index is 1.53. The molecule has 2 heterocycles. The van der Waals surface area contributed by atoms with Crippen molar-refractivity contribution in [3.05, 3.63) is 46.4 Å². The van der Waals surface area contributed by atoms with Crippen molar-refractivity contribution in [3.63, 3.8) is 0 Å². The molecule has 4 rings (SSSR count). The second kappa shape index (κ2) is 7.85. The van der Waals surface area contributed by atoms with Crippen molar-refractivity contribution in [2.45, 2.75) is 24.7 Å². The minimum Gasteiger partial charge on any atom is -0.326 e. The molecule has 0 bridgehead atoms. The first-order valence-electron chi connectivity index (χ1n) is 9.15. The largest absolute Gasteiger partial charge is 0.326 e. The topological polar surface area (TPSA) is 105 Å². The molecule has 8 nitrogen and oxygen atoms in total. The van der Waals surface area contributed by atoms with E-state index < -0.39 is 15.9 Å². The molecule has 0 saturated carbocycles. The summed E-state index contributed by atoms with van der Waals surface area (Å²) in [5, 5.41) is 10.3. The highest BCUT2D eigenvalue weighted by atomic mass is 79.9. The van der Waals surface area contributed by atoms with E-state index in [9.17, 15) is 13.2 Å². The molecule has 1 aliphatic rings. The van der Waals surface area contributed by atoms with Crippen LogP contribution in [0.5, 0.6) is 0 Å². The Bertz CT molecular complexity index is 1180. The van der Waals surface area contributed by atoms with Gasteiger partial charge in [-0.1, -0.05) is 22.0 Å². The number of aromatic nitrogens is 2. The molecule has 10 heteroatoms. The molecule has 2 aromatic carbocycles. The van der Waals surface area contributed by atoms with Gasteiger partial charge in [-0.25, -0.2) is 13.0 Å². The van der Waals surface area contributed by atoms with Gasteiger partial charge in [-0.05, 0) is 66.0 Å². The van der Waals surface area contributed by atoms with E-state index in [2.05, 4.69) is 36.2 Å². The number of hydrogen-bond donors (Lipinski definition) is 1. The Kier molecular flexibility index (Phi) is 5.41. The van der Waals surface area contributed by atoms with Crippen molar-refractivity contribution in [2.75, 3.05) is 18.4 Å². The molecule has 0 radical (unpaired) electrons. The number of benzene rings is 2. The fraction of sp³-hybridized carbons (Fsp3) is 0.316. The molecule has 1 atom stereocenters.